The number of nitrogens with zero attached hydrogens (tertiary/aromatic N) is 3. The molecule has 5 rings (SSSR count). The molecule has 240 valence electrons. The molecule has 0 spiro atoms. The summed E-state index contributed by atoms with van der Waals surface area (Å²) >= 11 is 0. The van der Waals surface area contributed by atoms with Crippen LogP contribution in [0, 0.1) is 12.8 Å². The Kier molecular flexibility index (Phi) is 8.91. The van der Waals surface area contributed by atoms with Gasteiger partial charge in [-0.25, -0.2) is 9.78 Å². The maximum atomic E-state index is 13.2. The summed E-state index contributed by atoms with van der Waals surface area (Å²) in [6, 6.07) is 7.80. The van der Waals surface area contributed by atoms with Crippen molar-refractivity contribution >= 4 is 35.3 Å². The molecule has 0 saturated heterocycles. The number of nitrogens with one attached hydrogen (secondary N) is 3. The lowest BCUT2D eigenvalue weighted by Gasteiger charge is -2.33. The predicted molar refractivity (Wildman–Crippen MR) is 173 cm³/mol. The maximum absolute atomic E-state index is 13.2. The third kappa shape index (κ3) is 7.82. The Morgan fingerprint density at radius 1 is 1.02 bits per heavy atom. The van der Waals surface area contributed by atoms with E-state index >= 15 is 0 Å². The van der Waals surface area contributed by atoms with Crippen LogP contribution in [0.4, 0.5) is 22.1 Å². The van der Waals surface area contributed by atoms with Crippen LogP contribution in [-0.4, -0.2) is 50.0 Å². The number of anilines is 3. The standard InChI is InChI=1S/C34H44N6O5/c1-20-11-10-13-23(15-20)37-30-28-24(18-35-31(28)42)27(22-17-36-40(19-22)32(43)45-34(5,6)7)29(39-30)38-25-14-9-8-12-21(25)16-26(41)44-33(2,3)4/h10-11,13,15,17,19,21,25H,8-9,12,14,16,18H2,1-7H3,(H,35,42)(H2,37,38,39)/t21-,25-/m1/s1. The van der Waals surface area contributed by atoms with Crippen molar-refractivity contribution in [3.63, 3.8) is 0 Å². The van der Waals surface area contributed by atoms with Crippen LogP contribution in [0.3, 0.4) is 0 Å². The summed E-state index contributed by atoms with van der Waals surface area (Å²) in [5, 5.41) is 14.3. The second-order valence-corrected chi connectivity index (χ2v) is 14.0. The summed E-state index contributed by atoms with van der Waals surface area (Å²) in [5.74, 6) is 0.550. The van der Waals surface area contributed by atoms with Crippen LogP contribution in [0.5, 0.6) is 0 Å². The number of esters is 1. The summed E-state index contributed by atoms with van der Waals surface area (Å²) < 4.78 is 12.3. The van der Waals surface area contributed by atoms with Crippen molar-refractivity contribution < 1.29 is 23.9 Å². The number of carbonyl (C=O) groups excluding carboxylic acids is 3. The Bertz CT molecular complexity index is 1600. The zero-order valence-electron chi connectivity index (χ0n) is 27.2. The van der Waals surface area contributed by atoms with Crippen molar-refractivity contribution in [1.29, 1.82) is 0 Å². The fourth-order valence-electron chi connectivity index (χ4n) is 5.95. The zero-order valence-corrected chi connectivity index (χ0v) is 27.2. The first kappa shape index (κ1) is 32.0. The van der Waals surface area contributed by atoms with Crippen LogP contribution >= 0.6 is 0 Å². The van der Waals surface area contributed by atoms with E-state index in [4.69, 9.17) is 14.5 Å². The van der Waals surface area contributed by atoms with Crippen molar-refractivity contribution in [1.82, 2.24) is 20.1 Å². The van der Waals surface area contributed by atoms with Gasteiger partial charge in [-0.05, 0) is 90.5 Å². The third-order valence-corrected chi connectivity index (χ3v) is 7.77. The minimum Gasteiger partial charge on any atom is -0.460 e. The number of rotatable bonds is 7. The number of aromatic nitrogens is 3. The molecule has 1 aromatic carbocycles. The fraction of sp³-hybridized carbons (Fsp3) is 0.500. The van der Waals surface area contributed by atoms with Gasteiger partial charge in [0.15, 0.2) is 0 Å². The molecule has 45 heavy (non-hydrogen) atoms. The van der Waals surface area contributed by atoms with E-state index in [9.17, 15) is 14.4 Å². The fourth-order valence-corrected chi connectivity index (χ4v) is 5.95. The summed E-state index contributed by atoms with van der Waals surface area (Å²) in [7, 11) is 0. The molecular formula is C34H44N6O5. The van der Waals surface area contributed by atoms with Gasteiger partial charge in [-0.2, -0.15) is 9.78 Å². The molecule has 0 unspecified atom stereocenters. The summed E-state index contributed by atoms with van der Waals surface area (Å²) in [6.07, 6.45) is 6.63. The number of aryl methyl sites for hydroxylation is 1. The lowest BCUT2D eigenvalue weighted by molar-refractivity contribution is -0.156. The molecular weight excluding hydrogens is 572 g/mol. The Morgan fingerprint density at radius 2 is 1.76 bits per heavy atom. The first-order valence-corrected chi connectivity index (χ1v) is 15.6. The molecule has 2 atom stereocenters. The minimum absolute atomic E-state index is 0.0360. The third-order valence-electron chi connectivity index (χ3n) is 7.77. The highest BCUT2D eigenvalue weighted by atomic mass is 16.6. The van der Waals surface area contributed by atoms with E-state index in [1.807, 2.05) is 52.0 Å². The molecule has 11 nitrogen and oxygen atoms in total. The van der Waals surface area contributed by atoms with Crippen molar-refractivity contribution in [2.45, 2.75) is 104 Å². The van der Waals surface area contributed by atoms with E-state index in [1.165, 1.54) is 0 Å². The summed E-state index contributed by atoms with van der Waals surface area (Å²) in [4.78, 5) is 44.0. The van der Waals surface area contributed by atoms with Gasteiger partial charge in [0, 0.05) is 35.6 Å². The molecule has 2 aromatic heterocycles. The molecule has 1 fully saturated rings. The number of carbonyl (C=O) groups is 3. The monoisotopic (exact) mass is 616 g/mol. The van der Waals surface area contributed by atoms with E-state index in [1.54, 1.807) is 33.2 Å². The molecule has 3 aromatic rings. The number of hydrogen-bond donors (Lipinski definition) is 3. The van der Waals surface area contributed by atoms with Crippen LogP contribution in [0.25, 0.3) is 11.1 Å². The molecule has 1 aliphatic carbocycles. The lowest BCUT2D eigenvalue weighted by Crippen LogP contribution is -2.36. The van der Waals surface area contributed by atoms with Crippen LogP contribution in [0.2, 0.25) is 0 Å². The smallest absolute Gasteiger partial charge is 0.435 e. The van der Waals surface area contributed by atoms with Crippen LogP contribution in [0.1, 0.15) is 95.1 Å². The largest absolute Gasteiger partial charge is 0.460 e. The molecule has 0 bridgehead atoms. The average Bonchev–Trinajstić information content (AvgIpc) is 3.56. The molecule has 11 heteroatoms. The van der Waals surface area contributed by atoms with Gasteiger partial charge in [0.2, 0.25) is 0 Å². The molecule has 1 aliphatic heterocycles. The van der Waals surface area contributed by atoms with Gasteiger partial charge in [-0.15, -0.1) is 0 Å². The van der Waals surface area contributed by atoms with Gasteiger partial charge in [-0.1, -0.05) is 25.0 Å². The van der Waals surface area contributed by atoms with Crippen LogP contribution in [0.15, 0.2) is 36.7 Å². The van der Waals surface area contributed by atoms with E-state index < -0.39 is 17.3 Å². The highest BCUT2D eigenvalue weighted by Crippen LogP contribution is 2.41. The Hall–Kier alpha value is -4.41. The Labute approximate surface area is 264 Å². The SMILES string of the molecule is Cc1cccc(Nc2nc(N[C@@H]3CCCC[C@@H]3CC(=O)OC(C)(C)C)c(-c3cnn(C(=O)OC(C)(C)C)c3)c3c2C(=O)NC3)c1. The van der Waals surface area contributed by atoms with Gasteiger partial charge in [-0.3, -0.25) is 9.59 Å². The van der Waals surface area contributed by atoms with E-state index in [0.717, 1.165) is 47.2 Å². The molecule has 0 radical (unpaired) electrons. The highest BCUT2D eigenvalue weighted by Gasteiger charge is 2.34. The quantitative estimate of drug-likeness (QED) is 0.247. The number of ether oxygens (including phenoxy) is 2. The predicted octanol–water partition coefficient (Wildman–Crippen LogP) is 6.73. The number of amides is 1. The summed E-state index contributed by atoms with van der Waals surface area (Å²) in [6.45, 7) is 13.3. The van der Waals surface area contributed by atoms with E-state index in [-0.39, 0.29) is 30.4 Å². The first-order chi connectivity index (χ1) is 21.2. The number of fused-ring (bicyclic) bond motifs is 1. The normalized spacial score (nSPS) is 18.2. The van der Waals surface area contributed by atoms with Crippen molar-refractivity contribution in [3.05, 3.63) is 53.3 Å². The van der Waals surface area contributed by atoms with Crippen molar-refractivity contribution in [2.24, 2.45) is 5.92 Å². The molecule has 3 N–H and O–H groups in total. The van der Waals surface area contributed by atoms with Crippen molar-refractivity contribution in [2.75, 3.05) is 10.6 Å². The Balaban J connectivity index is 1.57. The van der Waals surface area contributed by atoms with Gasteiger partial charge >= 0.3 is 12.1 Å². The summed E-state index contributed by atoms with van der Waals surface area (Å²) in [5.41, 5.74) is 3.10. The number of hydrogen-bond acceptors (Lipinski definition) is 9. The first-order valence-electron chi connectivity index (χ1n) is 15.6. The zero-order chi connectivity index (χ0) is 32.5. The minimum atomic E-state index is -0.692. The molecule has 1 amide bonds. The van der Waals surface area contributed by atoms with Crippen LogP contribution < -0.4 is 16.0 Å². The lowest BCUT2D eigenvalue weighted by atomic mass is 9.82. The maximum Gasteiger partial charge on any atom is 0.435 e. The topological polar surface area (TPSA) is 136 Å². The number of pyridine rings is 1. The van der Waals surface area contributed by atoms with Crippen LogP contribution in [-0.2, 0) is 20.8 Å². The second kappa shape index (κ2) is 12.5. The van der Waals surface area contributed by atoms with Gasteiger partial charge in [0.05, 0.1) is 18.2 Å². The molecule has 1 saturated carbocycles. The van der Waals surface area contributed by atoms with E-state index in [0.29, 0.717) is 34.7 Å². The van der Waals surface area contributed by atoms with Gasteiger partial charge < -0.3 is 25.4 Å². The van der Waals surface area contributed by atoms with Gasteiger partial charge in [0.1, 0.15) is 22.8 Å². The Morgan fingerprint density at radius 3 is 2.47 bits per heavy atom. The average molecular weight is 617 g/mol. The van der Waals surface area contributed by atoms with E-state index in [2.05, 4.69) is 21.0 Å². The number of benzene rings is 1. The van der Waals surface area contributed by atoms with Crippen molar-refractivity contribution in [3.8, 4) is 11.1 Å². The van der Waals surface area contributed by atoms with Gasteiger partial charge in [0.25, 0.3) is 5.91 Å². The molecule has 2 aliphatic rings. The highest BCUT2D eigenvalue weighted by molar-refractivity contribution is 6.06. The molecule has 3 heterocycles. The second-order valence-electron chi connectivity index (χ2n) is 14.0.